The quantitative estimate of drug-likeness (QED) is 0.562. The van der Waals surface area contributed by atoms with Crippen LogP contribution in [0.15, 0.2) is 60.2 Å². The maximum Gasteiger partial charge on any atom is 0.125 e. The molecule has 1 aromatic carbocycles. The summed E-state index contributed by atoms with van der Waals surface area (Å²) in [5.74, 6) is 0.816. The molecule has 0 amide bonds. The van der Waals surface area contributed by atoms with Gasteiger partial charge in [0.15, 0.2) is 0 Å². The van der Waals surface area contributed by atoms with Gasteiger partial charge in [-0.2, -0.15) is 0 Å². The molecular weight excluding hydrogens is 236 g/mol. The molecule has 1 rings (SSSR count). The molecule has 0 radical (unpaired) electrons. The Bertz CT molecular complexity index is 455. The molecule has 1 aromatic rings. The first-order valence-corrected chi connectivity index (χ1v) is 6.39. The smallest absolute Gasteiger partial charge is 0.125 e. The molecule has 0 aliphatic heterocycles. The molecule has 0 saturated heterocycles. The summed E-state index contributed by atoms with van der Waals surface area (Å²) < 4.78 is 11.0. The van der Waals surface area contributed by atoms with Crippen molar-refractivity contribution in [2.75, 3.05) is 14.2 Å². The summed E-state index contributed by atoms with van der Waals surface area (Å²) in [6.07, 6.45) is 7.97. The van der Waals surface area contributed by atoms with Gasteiger partial charge in [0.1, 0.15) is 11.9 Å². The molecule has 0 bridgehead atoms. The Kier molecular flexibility index (Phi) is 6.69. The Labute approximate surface area is 116 Å². The van der Waals surface area contributed by atoms with Crippen LogP contribution in [0, 0.1) is 0 Å². The third-order valence-corrected chi connectivity index (χ3v) is 2.86. The molecule has 0 saturated carbocycles. The lowest BCUT2D eigenvalue weighted by Crippen LogP contribution is -2.10. The van der Waals surface area contributed by atoms with Crippen LogP contribution in [0.3, 0.4) is 0 Å². The number of methoxy groups -OCH3 is 2. The molecule has 0 heterocycles. The van der Waals surface area contributed by atoms with Crippen molar-refractivity contribution in [2.45, 2.75) is 20.0 Å². The number of ether oxygens (including phenoxy) is 2. The lowest BCUT2D eigenvalue weighted by molar-refractivity contribution is 0.169. The van der Waals surface area contributed by atoms with Gasteiger partial charge >= 0.3 is 0 Å². The first-order valence-electron chi connectivity index (χ1n) is 6.39. The van der Waals surface area contributed by atoms with Gasteiger partial charge in [0.2, 0.25) is 0 Å². The number of hydrogen-bond acceptors (Lipinski definition) is 2. The zero-order valence-corrected chi connectivity index (χ0v) is 12.1. The van der Waals surface area contributed by atoms with Gasteiger partial charge in [0.25, 0.3) is 0 Å². The number of allylic oxidation sites excluding steroid dienone is 2. The third kappa shape index (κ3) is 4.42. The molecule has 1 unspecified atom stereocenters. The second-order valence-electron chi connectivity index (χ2n) is 4.05. The second-order valence-corrected chi connectivity index (χ2v) is 4.05. The van der Waals surface area contributed by atoms with Crippen molar-refractivity contribution in [1.82, 2.24) is 0 Å². The van der Waals surface area contributed by atoms with E-state index in [2.05, 4.69) is 0 Å². The molecule has 1 atom stereocenters. The van der Waals surface area contributed by atoms with Crippen molar-refractivity contribution in [1.29, 1.82) is 0 Å². The fourth-order valence-electron chi connectivity index (χ4n) is 1.87. The molecule has 19 heavy (non-hydrogen) atoms. The summed E-state index contributed by atoms with van der Waals surface area (Å²) in [6.45, 7) is 4.00. The highest BCUT2D eigenvalue weighted by Crippen LogP contribution is 2.19. The van der Waals surface area contributed by atoms with Crippen LogP contribution in [0.5, 0.6) is 0 Å². The second kappa shape index (κ2) is 8.33. The van der Waals surface area contributed by atoms with Gasteiger partial charge in [-0.05, 0) is 25.5 Å². The zero-order chi connectivity index (χ0) is 14.1. The predicted molar refractivity (Wildman–Crippen MR) is 80.8 cm³/mol. The van der Waals surface area contributed by atoms with E-state index >= 15 is 0 Å². The average molecular weight is 258 g/mol. The summed E-state index contributed by atoms with van der Waals surface area (Å²) in [5.41, 5.74) is 2.15. The van der Waals surface area contributed by atoms with E-state index in [1.54, 1.807) is 14.2 Å². The van der Waals surface area contributed by atoms with Crippen molar-refractivity contribution < 1.29 is 9.47 Å². The molecule has 2 heteroatoms. The van der Waals surface area contributed by atoms with E-state index in [1.807, 2.05) is 68.5 Å². The summed E-state index contributed by atoms with van der Waals surface area (Å²) in [6, 6.07) is 10.0. The van der Waals surface area contributed by atoms with Crippen molar-refractivity contribution in [3.05, 3.63) is 65.8 Å². The van der Waals surface area contributed by atoms with Crippen molar-refractivity contribution >= 4 is 5.76 Å². The molecule has 0 aliphatic carbocycles. The fraction of sp³-hybridized carbons (Fsp3) is 0.294. The fourth-order valence-corrected chi connectivity index (χ4v) is 1.87. The highest BCUT2D eigenvalue weighted by atomic mass is 16.5. The predicted octanol–water partition coefficient (Wildman–Crippen LogP) is 4.21. The van der Waals surface area contributed by atoms with Gasteiger partial charge < -0.3 is 9.47 Å². The summed E-state index contributed by atoms with van der Waals surface area (Å²) >= 11 is 0. The lowest BCUT2D eigenvalue weighted by Gasteiger charge is -2.15. The van der Waals surface area contributed by atoms with E-state index in [0.29, 0.717) is 0 Å². The van der Waals surface area contributed by atoms with Crippen LogP contribution in [-0.2, 0) is 9.47 Å². The molecule has 0 fully saturated rings. The van der Waals surface area contributed by atoms with Crippen LogP contribution in [0.25, 0.3) is 5.76 Å². The minimum atomic E-state index is -0.114. The Hall–Kier alpha value is -1.80. The van der Waals surface area contributed by atoms with Crippen molar-refractivity contribution in [3.63, 3.8) is 0 Å². The topological polar surface area (TPSA) is 18.5 Å². The minimum Gasteiger partial charge on any atom is -0.496 e. The van der Waals surface area contributed by atoms with Gasteiger partial charge in [-0.1, -0.05) is 48.6 Å². The van der Waals surface area contributed by atoms with Crippen LogP contribution in [0.2, 0.25) is 0 Å². The summed E-state index contributed by atoms with van der Waals surface area (Å²) in [5, 5.41) is 0. The molecule has 102 valence electrons. The number of rotatable bonds is 6. The largest absolute Gasteiger partial charge is 0.496 e. The third-order valence-electron chi connectivity index (χ3n) is 2.86. The van der Waals surface area contributed by atoms with E-state index in [9.17, 15) is 0 Å². The summed E-state index contributed by atoms with van der Waals surface area (Å²) in [4.78, 5) is 0. The average Bonchev–Trinajstić information content (AvgIpc) is 2.47. The van der Waals surface area contributed by atoms with Crippen LogP contribution in [-0.4, -0.2) is 20.3 Å². The summed E-state index contributed by atoms with van der Waals surface area (Å²) in [7, 11) is 3.38. The lowest BCUT2D eigenvalue weighted by atomic mass is 10.1. The molecule has 0 aromatic heterocycles. The molecule has 0 spiro atoms. The molecular formula is C17H22O2. The SMILES string of the molecule is CC=CC(=CC)C(C=C(OC)c1ccccc1)OC. The Balaban J connectivity index is 3.07. The minimum absolute atomic E-state index is 0.114. The number of benzene rings is 1. The van der Waals surface area contributed by atoms with Gasteiger partial charge in [-0.25, -0.2) is 0 Å². The van der Waals surface area contributed by atoms with E-state index in [0.717, 1.165) is 16.9 Å². The number of hydrogen-bond donors (Lipinski definition) is 0. The van der Waals surface area contributed by atoms with Gasteiger partial charge in [0, 0.05) is 12.7 Å². The van der Waals surface area contributed by atoms with E-state index < -0.39 is 0 Å². The maximum atomic E-state index is 5.53. The highest BCUT2D eigenvalue weighted by molar-refractivity contribution is 5.61. The Morgan fingerprint density at radius 2 is 1.79 bits per heavy atom. The van der Waals surface area contributed by atoms with Crippen LogP contribution in [0.1, 0.15) is 19.4 Å². The van der Waals surface area contributed by atoms with Gasteiger partial charge in [-0.3, -0.25) is 0 Å². The first-order chi connectivity index (χ1) is 9.26. The maximum absolute atomic E-state index is 5.53. The molecule has 0 N–H and O–H groups in total. The first kappa shape index (κ1) is 15.3. The van der Waals surface area contributed by atoms with E-state index in [1.165, 1.54) is 0 Å². The standard InChI is InChI=1S/C17H22O2/c1-5-10-14(6-2)16(18-3)13-17(19-4)15-11-8-7-9-12-15/h5-13,16H,1-4H3. The van der Waals surface area contributed by atoms with Gasteiger partial charge in [0.05, 0.1) is 7.11 Å². The Morgan fingerprint density at radius 1 is 1.11 bits per heavy atom. The molecule has 2 nitrogen and oxygen atoms in total. The van der Waals surface area contributed by atoms with Crippen LogP contribution >= 0.6 is 0 Å². The van der Waals surface area contributed by atoms with Crippen LogP contribution in [0.4, 0.5) is 0 Å². The van der Waals surface area contributed by atoms with Crippen molar-refractivity contribution in [3.8, 4) is 0 Å². The molecule has 0 aliphatic rings. The van der Waals surface area contributed by atoms with E-state index in [4.69, 9.17) is 9.47 Å². The van der Waals surface area contributed by atoms with Crippen LogP contribution < -0.4 is 0 Å². The van der Waals surface area contributed by atoms with Gasteiger partial charge in [-0.15, -0.1) is 0 Å². The monoisotopic (exact) mass is 258 g/mol. The highest BCUT2D eigenvalue weighted by Gasteiger charge is 2.10. The van der Waals surface area contributed by atoms with Crippen molar-refractivity contribution in [2.24, 2.45) is 0 Å². The zero-order valence-electron chi connectivity index (χ0n) is 12.1. The normalized spacial score (nSPS) is 14.7. The Morgan fingerprint density at radius 3 is 2.26 bits per heavy atom. The van der Waals surface area contributed by atoms with E-state index in [-0.39, 0.29) is 6.10 Å².